The zero-order chi connectivity index (χ0) is 17.3. The van der Waals surface area contributed by atoms with Crippen LogP contribution in [-0.2, 0) is 10.3 Å². The lowest BCUT2D eigenvalue weighted by atomic mass is 9.73. The number of phenolic OH excluding ortho intramolecular Hbond substituents is 2. The highest BCUT2D eigenvalue weighted by Crippen LogP contribution is 2.51. The quantitative estimate of drug-likeness (QED) is 0.740. The highest BCUT2D eigenvalue weighted by Gasteiger charge is 2.47. The van der Waals surface area contributed by atoms with E-state index in [1.54, 1.807) is 24.3 Å². The maximum absolute atomic E-state index is 9.70. The predicted octanol–water partition coefficient (Wildman–Crippen LogP) is 4.55. The second-order valence-electron chi connectivity index (χ2n) is 6.43. The van der Waals surface area contributed by atoms with Crippen molar-refractivity contribution in [3.63, 3.8) is 0 Å². The lowest BCUT2D eigenvalue weighted by Gasteiger charge is -2.36. The lowest BCUT2D eigenvalue weighted by Crippen LogP contribution is -2.32. The summed E-state index contributed by atoms with van der Waals surface area (Å²) in [4.78, 5) is 0. The third-order valence-electron chi connectivity index (χ3n) is 5.02. The van der Waals surface area contributed by atoms with E-state index in [0.717, 1.165) is 23.1 Å². The van der Waals surface area contributed by atoms with Crippen LogP contribution < -0.4 is 0 Å². The summed E-state index contributed by atoms with van der Waals surface area (Å²) >= 11 is 0. The largest absolute Gasteiger partial charge is 0.508 e. The van der Waals surface area contributed by atoms with E-state index < -0.39 is 5.60 Å². The molecule has 3 heteroatoms. The molecule has 4 rings (SSSR count). The van der Waals surface area contributed by atoms with Crippen LogP contribution in [0.5, 0.6) is 11.5 Å². The Morgan fingerprint density at radius 2 is 1.28 bits per heavy atom. The van der Waals surface area contributed by atoms with E-state index in [0.29, 0.717) is 6.61 Å². The Bertz CT molecular complexity index is 841. The molecule has 2 atom stereocenters. The molecule has 0 aliphatic carbocycles. The van der Waals surface area contributed by atoms with Gasteiger partial charge in [-0.3, -0.25) is 0 Å². The number of hydrogen-bond acceptors (Lipinski definition) is 3. The van der Waals surface area contributed by atoms with E-state index in [-0.39, 0.29) is 17.4 Å². The van der Waals surface area contributed by atoms with Gasteiger partial charge in [-0.05, 0) is 47.4 Å². The van der Waals surface area contributed by atoms with Crippen molar-refractivity contribution in [3.8, 4) is 11.5 Å². The minimum Gasteiger partial charge on any atom is -0.508 e. The van der Waals surface area contributed by atoms with Crippen molar-refractivity contribution >= 4 is 0 Å². The number of ether oxygens (including phenoxy) is 1. The second-order valence-corrected chi connectivity index (χ2v) is 6.43. The zero-order valence-electron chi connectivity index (χ0n) is 13.8. The van der Waals surface area contributed by atoms with E-state index in [1.165, 1.54) is 0 Å². The van der Waals surface area contributed by atoms with E-state index >= 15 is 0 Å². The van der Waals surface area contributed by atoms with Crippen LogP contribution in [0.15, 0.2) is 78.9 Å². The van der Waals surface area contributed by atoms with Crippen LogP contribution >= 0.6 is 0 Å². The maximum atomic E-state index is 9.70. The van der Waals surface area contributed by atoms with Crippen LogP contribution in [0.1, 0.15) is 29.0 Å². The average molecular weight is 332 g/mol. The summed E-state index contributed by atoms with van der Waals surface area (Å²) < 4.78 is 6.41. The number of aromatic hydroxyl groups is 2. The zero-order valence-corrected chi connectivity index (χ0v) is 13.8. The molecule has 1 saturated heterocycles. The molecule has 2 N–H and O–H groups in total. The predicted molar refractivity (Wildman–Crippen MR) is 96.7 cm³/mol. The van der Waals surface area contributed by atoms with Gasteiger partial charge in [-0.15, -0.1) is 0 Å². The molecule has 1 heterocycles. The van der Waals surface area contributed by atoms with Crippen molar-refractivity contribution in [2.24, 2.45) is 0 Å². The molecule has 126 valence electrons. The van der Waals surface area contributed by atoms with Gasteiger partial charge in [0.15, 0.2) is 0 Å². The fraction of sp³-hybridized carbons (Fsp3) is 0.182. The van der Waals surface area contributed by atoms with E-state index in [4.69, 9.17) is 4.74 Å². The monoisotopic (exact) mass is 332 g/mol. The molecule has 0 radical (unpaired) electrons. The highest BCUT2D eigenvalue weighted by atomic mass is 16.5. The summed E-state index contributed by atoms with van der Waals surface area (Å²) in [5, 5.41) is 19.3. The van der Waals surface area contributed by atoms with Crippen LogP contribution in [-0.4, -0.2) is 16.8 Å². The summed E-state index contributed by atoms with van der Waals surface area (Å²) in [7, 11) is 0. The van der Waals surface area contributed by atoms with Gasteiger partial charge in [0.05, 0.1) is 0 Å². The molecule has 25 heavy (non-hydrogen) atoms. The second kappa shape index (κ2) is 6.26. The fourth-order valence-corrected chi connectivity index (χ4v) is 3.88. The van der Waals surface area contributed by atoms with Crippen LogP contribution in [0.3, 0.4) is 0 Å². The summed E-state index contributed by atoms with van der Waals surface area (Å²) in [6.07, 6.45) is 0.889. The molecule has 1 aliphatic heterocycles. The molecular formula is C22H20O3. The third-order valence-corrected chi connectivity index (χ3v) is 5.02. The topological polar surface area (TPSA) is 49.7 Å². The number of rotatable bonds is 3. The Balaban J connectivity index is 1.90. The van der Waals surface area contributed by atoms with Gasteiger partial charge in [-0.25, -0.2) is 0 Å². The van der Waals surface area contributed by atoms with E-state index in [1.807, 2.05) is 42.5 Å². The van der Waals surface area contributed by atoms with Crippen molar-refractivity contribution in [3.05, 3.63) is 95.6 Å². The van der Waals surface area contributed by atoms with Gasteiger partial charge in [0.25, 0.3) is 0 Å². The van der Waals surface area contributed by atoms with Gasteiger partial charge < -0.3 is 14.9 Å². The summed E-state index contributed by atoms with van der Waals surface area (Å²) in [6, 6.07) is 24.9. The van der Waals surface area contributed by atoms with Crippen LogP contribution in [0.4, 0.5) is 0 Å². The summed E-state index contributed by atoms with van der Waals surface area (Å²) in [6.45, 7) is 0.654. The van der Waals surface area contributed by atoms with Crippen molar-refractivity contribution in [2.75, 3.05) is 6.61 Å². The minimum absolute atomic E-state index is 0.125. The first-order chi connectivity index (χ1) is 12.2. The smallest absolute Gasteiger partial charge is 0.125 e. The molecular weight excluding hydrogens is 312 g/mol. The Morgan fingerprint density at radius 1 is 0.720 bits per heavy atom. The fourth-order valence-electron chi connectivity index (χ4n) is 3.88. The van der Waals surface area contributed by atoms with E-state index in [9.17, 15) is 10.2 Å². The Labute approximate surface area is 147 Å². The molecule has 3 aromatic rings. The molecule has 0 amide bonds. The molecule has 2 unspecified atom stereocenters. The molecule has 0 saturated carbocycles. The van der Waals surface area contributed by atoms with Gasteiger partial charge in [0.2, 0.25) is 0 Å². The standard InChI is InChI=1S/C22H20O3/c23-19-10-6-16(7-11-19)21-14-15-25-22(21,17-4-2-1-3-5-17)18-8-12-20(24)13-9-18/h1-13,21,23-24H,14-15H2. The van der Waals surface area contributed by atoms with Crippen LogP contribution in [0.2, 0.25) is 0 Å². The SMILES string of the molecule is Oc1ccc(C2CCOC2(c2ccccc2)c2ccc(O)cc2)cc1. The number of hydrogen-bond donors (Lipinski definition) is 2. The molecule has 0 bridgehead atoms. The van der Waals surface area contributed by atoms with Crippen LogP contribution in [0.25, 0.3) is 0 Å². The first-order valence-electron chi connectivity index (χ1n) is 8.48. The molecule has 3 aromatic carbocycles. The number of phenols is 2. The van der Waals surface area contributed by atoms with E-state index in [2.05, 4.69) is 12.1 Å². The lowest BCUT2D eigenvalue weighted by molar-refractivity contribution is 0.0262. The minimum atomic E-state index is -0.605. The molecule has 0 aromatic heterocycles. The Morgan fingerprint density at radius 3 is 1.92 bits per heavy atom. The van der Waals surface area contributed by atoms with Gasteiger partial charge >= 0.3 is 0 Å². The van der Waals surface area contributed by atoms with Crippen molar-refractivity contribution in [2.45, 2.75) is 17.9 Å². The van der Waals surface area contributed by atoms with Gasteiger partial charge in [-0.2, -0.15) is 0 Å². The molecule has 1 fully saturated rings. The first-order valence-corrected chi connectivity index (χ1v) is 8.48. The van der Waals surface area contributed by atoms with Crippen LogP contribution in [0, 0.1) is 0 Å². The summed E-state index contributed by atoms with van der Waals surface area (Å²) in [5.74, 6) is 0.629. The first kappa shape index (κ1) is 15.7. The maximum Gasteiger partial charge on any atom is 0.125 e. The van der Waals surface area contributed by atoms with Gasteiger partial charge in [-0.1, -0.05) is 54.6 Å². The number of benzene rings is 3. The average Bonchev–Trinajstić information content (AvgIpc) is 3.10. The third kappa shape index (κ3) is 2.67. The Kier molecular flexibility index (Phi) is 3.94. The van der Waals surface area contributed by atoms with Crippen molar-refractivity contribution < 1.29 is 14.9 Å². The Hall–Kier alpha value is -2.78. The van der Waals surface area contributed by atoms with Gasteiger partial charge in [0.1, 0.15) is 17.1 Å². The molecule has 0 spiro atoms. The van der Waals surface area contributed by atoms with Crippen molar-refractivity contribution in [1.82, 2.24) is 0 Å². The summed E-state index contributed by atoms with van der Waals surface area (Å²) in [5.41, 5.74) is 2.64. The normalized spacial score (nSPS) is 22.8. The highest BCUT2D eigenvalue weighted by molar-refractivity contribution is 5.45. The van der Waals surface area contributed by atoms with Crippen molar-refractivity contribution in [1.29, 1.82) is 0 Å². The van der Waals surface area contributed by atoms with Gasteiger partial charge in [0, 0.05) is 12.5 Å². The molecule has 1 aliphatic rings. The molecule has 3 nitrogen and oxygen atoms in total.